The lowest BCUT2D eigenvalue weighted by Gasteiger charge is -2.20. The molecule has 1 aliphatic heterocycles. The molecule has 7 nitrogen and oxygen atoms in total. The van der Waals surface area contributed by atoms with E-state index < -0.39 is 14.9 Å². The molecular weight excluding hydrogens is 330 g/mol. The van der Waals surface area contributed by atoms with Gasteiger partial charge in [-0.05, 0) is 43.6 Å². The summed E-state index contributed by atoms with van der Waals surface area (Å²) >= 11 is 0. The van der Waals surface area contributed by atoms with Crippen LogP contribution in [-0.2, 0) is 10.0 Å². The first-order valence-corrected chi connectivity index (χ1v) is 9.84. The van der Waals surface area contributed by atoms with Crippen molar-refractivity contribution in [2.75, 3.05) is 25.0 Å². The highest BCUT2D eigenvalue weighted by Crippen LogP contribution is 2.48. The summed E-state index contributed by atoms with van der Waals surface area (Å²) in [6.45, 7) is 3.78. The number of hydrogen-bond acceptors (Lipinski definition) is 5. The summed E-state index contributed by atoms with van der Waals surface area (Å²) in [5, 5.41) is 14.3. The lowest BCUT2D eigenvalue weighted by molar-refractivity contribution is -0.385. The summed E-state index contributed by atoms with van der Waals surface area (Å²) in [5.41, 5.74) is 0.512. The first kappa shape index (κ1) is 17.2. The second-order valence-corrected chi connectivity index (χ2v) is 8.66. The van der Waals surface area contributed by atoms with Crippen LogP contribution in [0.4, 0.5) is 11.4 Å². The standard InChI is InChI=1S/C16H23N3O4S/c1-2-16(7-8-16)12-17-14-6-5-13(19(20)21)11-15(14)24(22,23)18-9-3-4-10-18/h5-6,11,17H,2-4,7-10,12H2,1H3. The largest absolute Gasteiger partial charge is 0.383 e. The van der Waals surface area contributed by atoms with E-state index in [1.165, 1.54) is 22.5 Å². The number of non-ortho nitro benzene ring substituents is 1. The minimum atomic E-state index is -3.71. The van der Waals surface area contributed by atoms with Crippen LogP contribution in [0, 0.1) is 15.5 Å². The Morgan fingerprint density at radius 2 is 1.96 bits per heavy atom. The van der Waals surface area contributed by atoms with Crippen LogP contribution >= 0.6 is 0 Å². The van der Waals surface area contributed by atoms with E-state index in [1.807, 2.05) is 0 Å². The third-order valence-corrected chi connectivity index (χ3v) is 7.16. The van der Waals surface area contributed by atoms with Crippen LogP contribution < -0.4 is 5.32 Å². The van der Waals surface area contributed by atoms with Crippen LogP contribution in [0.5, 0.6) is 0 Å². The Hall–Kier alpha value is -1.67. The van der Waals surface area contributed by atoms with Crippen molar-refractivity contribution in [1.29, 1.82) is 0 Å². The highest BCUT2D eigenvalue weighted by molar-refractivity contribution is 7.89. The molecule has 3 rings (SSSR count). The van der Waals surface area contributed by atoms with Gasteiger partial charge in [0.25, 0.3) is 5.69 Å². The van der Waals surface area contributed by atoms with E-state index in [0.717, 1.165) is 32.1 Å². The average molecular weight is 353 g/mol. The summed E-state index contributed by atoms with van der Waals surface area (Å²) in [4.78, 5) is 10.5. The van der Waals surface area contributed by atoms with E-state index in [2.05, 4.69) is 12.2 Å². The molecule has 0 radical (unpaired) electrons. The number of nitro benzene ring substituents is 1. The molecular formula is C16H23N3O4S. The predicted octanol–water partition coefficient (Wildman–Crippen LogP) is 2.98. The van der Waals surface area contributed by atoms with E-state index >= 15 is 0 Å². The van der Waals surface area contributed by atoms with Crippen LogP contribution in [0.1, 0.15) is 39.0 Å². The smallest absolute Gasteiger partial charge is 0.270 e. The maximum absolute atomic E-state index is 12.9. The van der Waals surface area contributed by atoms with Crippen molar-refractivity contribution in [3.63, 3.8) is 0 Å². The Bertz CT molecular complexity index is 738. The molecule has 1 saturated heterocycles. The van der Waals surface area contributed by atoms with Crippen molar-refractivity contribution in [2.24, 2.45) is 5.41 Å². The molecule has 0 spiro atoms. The molecule has 0 bridgehead atoms. The maximum Gasteiger partial charge on any atom is 0.270 e. The van der Waals surface area contributed by atoms with Gasteiger partial charge < -0.3 is 5.32 Å². The van der Waals surface area contributed by atoms with Crippen LogP contribution in [0.15, 0.2) is 23.1 Å². The van der Waals surface area contributed by atoms with Gasteiger partial charge in [0.1, 0.15) is 4.90 Å². The van der Waals surface area contributed by atoms with Crippen molar-refractivity contribution in [3.8, 4) is 0 Å². The lowest BCUT2D eigenvalue weighted by Crippen LogP contribution is -2.29. The first-order chi connectivity index (χ1) is 11.4. The van der Waals surface area contributed by atoms with Crippen molar-refractivity contribution in [3.05, 3.63) is 28.3 Å². The highest BCUT2D eigenvalue weighted by atomic mass is 32.2. The molecule has 1 heterocycles. The maximum atomic E-state index is 12.9. The average Bonchev–Trinajstić information content (AvgIpc) is 3.12. The summed E-state index contributed by atoms with van der Waals surface area (Å²) < 4.78 is 27.2. The third kappa shape index (κ3) is 3.25. The summed E-state index contributed by atoms with van der Waals surface area (Å²) in [6, 6.07) is 4.06. The van der Waals surface area contributed by atoms with Gasteiger partial charge in [0.05, 0.1) is 10.6 Å². The Labute approximate surface area is 142 Å². The number of nitrogens with zero attached hydrogens (tertiary/aromatic N) is 2. The van der Waals surface area contributed by atoms with Gasteiger partial charge in [-0.25, -0.2) is 8.42 Å². The number of nitro groups is 1. The molecule has 2 aliphatic rings. The molecule has 1 aromatic carbocycles. The number of sulfonamides is 1. The second-order valence-electron chi connectivity index (χ2n) is 6.76. The van der Waals surface area contributed by atoms with Crippen LogP contribution in [0.2, 0.25) is 0 Å². The van der Waals surface area contributed by atoms with Gasteiger partial charge in [0.15, 0.2) is 0 Å². The zero-order valence-corrected chi connectivity index (χ0v) is 14.6. The second kappa shape index (κ2) is 6.33. The van der Waals surface area contributed by atoms with Gasteiger partial charge in [-0.15, -0.1) is 0 Å². The first-order valence-electron chi connectivity index (χ1n) is 8.40. The third-order valence-electron chi connectivity index (χ3n) is 5.22. The quantitative estimate of drug-likeness (QED) is 0.601. The van der Waals surface area contributed by atoms with E-state index in [-0.39, 0.29) is 16.0 Å². The van der Waals surface area contributed by atoms with Crippen molar-refractivity contribution >= 4 is 21.4 Å². The molecule has 2 fully saturated rings. The number of anilines is 1. The van der Waals surface area contributed by atoms with Crippen LogP contribution in [0.3, 0.4) is 0 Å². The number of benzene rings is 1. The minimum absolute atomic E-state index is 0.0190. The van der Waals surface area contributed by atoms with E-state index in [4.69, 9.17) is 0 Å². The summed E-state index contributed by atoms with van der Waals surface area (Å²) in [7, 11) is -3.71. The van der Waals surface area contributed by atoms with E-state index in [1.54, 1.807) is 0 Å². The van der Waals surface area contributed by atoms with Gasteiger partial charge in [-0.2, -0.15) is 4.31 Å². The Morgan fingerprint density at radius 3 is 2.50 bits per heavy atom. The number of rotatable bonds is 7. The fourth-order valence-corrected chi connectivity index (χ4v) is 4.87. The number of nitrogens with one attached hydrogen (secondary N) is 1. The van der Waals surface area contributed by atoms with Gasteiger partial charge in [-0.1, -0.05) is 6.92 Å². The molecule has 0 atom stereocenters. The van der Waals surface area contributed by atoms with Crippen molar-refractivity contribution in [1.82, 2.24) is 4.31 Å². The Kier molecular flexibility index (Phi) is 4.52. The van der Waals surface area contributed by atoms with Crippen LogP contribution in [-0.4, -0.2) is 37.3 Å². The van der Waals surface area contributed by atoms with Gasteiger partial charge in [-0.3, -0.25) is 10.1 Å². The Morgan fingerprint density at radius 1 is 1.29 bits per heavy atom. The van der Waals surface area contributed by atoms with Gasteiger partial charge in [0.2, 0.25) is 10.0 Å². The monoisotopic (exact) mass is 353 g/mol. The normalized spacial score (nSPS) is 20.0. The molecule has 1 aliphatic carbocycles. The molecule has 1 N–H and O–H groups in total. The topological polar surface area (TPSA) is 92.5 Å². The van der Waals surface area contributed by atoms with Crippen molar-refractivity contribution in [2.45, 2.75) is 43.9 Å². The molecule has 0 amide bonds. The molecule has 1 saturated carbocycles. The molecule has 1 aromatic rings. The van der Waals surface area contributed by atoms with Crippen molar-refractivity contribution < 1.29 is 13.3 Å². The Balaban J connectivity index is 1.94. The van der Waals surface area contributed by atoms with E-state index in [9.17, 15) is 18.5 Å². The zero-order chi connectivity index (χ0) is 17.4. The zero-order valence-electron chi connectivity index (χ0n) is 13.8. The molecule has 132 valence electrons. The minimum Gasteiger partial charge on any atom is -0.383 e. The highest BCUT2D eigenvalue weighted by Gasteiger charge is 2.40. The number of hydrogen-bond donors (Lipinski definition) is 1. The molecule has 0 unspecified atom stereocenters. The predicted molar refractivity (Wildman–Crippen MR) is 91.5 cm³/mol. The SMILES string of the molecule is CCC1(CNc2ccc([N+](=O)[O-])cc2S(=O)(=O)N2CCCC2)CC1. The fourth-order valence-electron chi connectivity index (χ4n) is 3.17. The summed E-state index contributed by atoms with van der Waals surface area (Å²) in [6.07, 6.45) is 4.97. The van der Waals surface area contributed by atoms with Gasteiger partial charge >= 0.3 is 0 Å². The summed E-state index contributed by atoms with van der Waals surface area (Å²) in [5.74, 6) is 0. The molecule has 0 aromatic heterocycles. The van der Waals surface area contributed by atoms with Crippen LogP contribution in [0.25, 0.3) is 0 Å². The van der Waals surface area contributed by atoms with E-state index in [0.29, 0.717) is 25.3 Å². The molecule has 24 heavy (non-hydrogen) atoms. The fraction of sp³-hybridized carbons (Fsp3) is 0.625. The molecule has 8 heteroatoms. The lowest BCUT2D eigenvalue weighted by atomic mass is 10.0. The van der Waals surface area contributed by atoms with Gasteiger partial charge in [0, 0.05) is 31.8 Å².